The summed E-state index contributed by atoms with van der Waals surface area (Å²) in [5.74, 6) is 1.39. The summed E-state index contributed by atoms with van der Waals surface area (Å²) in [4.78, 5) is 20.5. The number of piperidine rings is 1. The van der Waals surface area contributed by atoms with Crippen molar-refractivity contribution in [1.29, 1.82) is 0 Å². The van der Waals surface area contributed by atoms with E-state index in [4.69, 9.17) is 9.47 Å². The van der Waals surface area contributed by atoms with Crippen LogP contribution >= 0.6 is 0 Å². The molecule has 2 saturated heterocycles. The lowest BCUT2D eigenvalue weighted by Gasteiger charge is -2.37. The van der Waals surface area contributed by atoms with Crippen molar-refractivity contribution in [2.75, 3.05) is 59.6 Å². The molecule has 1 atom stereocenters. The first-order valence-corrected chi connectivity index (χ1v) is 10.3. The molecule has 2 fully saturated rings. The summed E-state index contributed by atoms with van der Waals surface area (Å²) in [5.41, 5.74) is 0. The first kappa shape index (κ1) is 21.8. The number of hydrogen-bond donors (Lipinski definition) is 2. The highest BCUT2D eigenvalue weighted by Gasteiger charge is 2.26. The average molecular weight is 384 g/mol. The highest BCUT2D eigenvalue weighted by atomic mass is 16.6. The van der Waals surface area contributed by atoms with Gasteiger partial charge in [0, 0.05) is 51.9 Å². The molecule has 2 heterocycles. The molecule has 0 bridgehead atoms. The number of morpholine rings is 1. The van der Waals surface area contributed by atoms with E-state index in [0.717, 1.165) is 64.7 Å². The Labute approximate surface area is 163 Å². The van der Waals surface area contributed by atoms with Crippen LogP contribution in [-0.4, -0.2) is 93.5 Å². The molecule has 0 aliphatic carbocycles. The largest absolute Gasteiger partial charge is 0.450 e. The van der Waals surface area contributed by atoms with Crippen LogP contribution in [0.15, 0.2) is 4.99 Å². The third kappa shape index (κ3) is 6.84. The van der Waals surface area contributed by atoms with E-state index in [9.17, 15) is 4.79 Å². The van der Waals surface area contributed by atoms with Crippen molar-refractivity contribution >= 4 is 12.1 Å². The van der Waals surface area contributed by atoms with Crippen molar-refractivity contribution in [2.45, 2.75) is 45.7 Å². The molecule has 0 aromatic heterocycles. The van der Waals surface area contributed by atoms with Crippen LogP contribution in [0.4, 0.5) is 4.79 Å². The van der Waals surface area contributed by atoms with Gasteiger partial charge < -0.3 is 25.0 Å². The van der Waals surface area contributed by atoms with Gasteiger partial charge in [0.15, 0.2) is 5.96 Å². The van der Waals surface area contributed by atoms with Crippen LogP contribution in [0.5, 0.6) is 0 Å². The fourth-order valence-corrected chi connectivity index (χ4v) is 3.71. The van der Waals surface area contributed by atoms with Gasteiger partial charge in [-0.25, -0.2) is 4.79 Å². The van der Waals surface area contributed by atoms with Crippen molar-refractivity contribution in [3.05, 3.63) is 0 Å². The minimum Gasteiger partial charge on any atom is -0.450 e. The summed E-state index contributed by atoms with van der Waals surface area (Å²) in [6.45, 7) is 12.7. The molecular weight excluding hydrogens is 346 g/mol. The first-order valence-electron chi connectivity index (χ1n) is 10.3. The molecular formula is C19H37N5O3. The number of hydrogen-bond acceptors (Lipinski definition) is 5. The van der Waals surface area contributed by atoms with Crippen LogP contribution in [0.3, 0.4) is 0 Å². The third-order valence-electron chi connectivity index (χ3n) is 5.35. The second-order valence-electron chi connectivity index (χ2n) is 7.52. The molecule has 2 aliphatic heterocycles. The summed E-state index contributed by atoms with van der Waals surface area (Å²) < 4.78 is 10.6. The third-order valence-corrected chi connectivity index (χ3v) is 5.35. The van der Waals surface area contributed by atoms with E-state index >= 15 is 0 Å². The average Bonchev–Trinajstić information content (AvgIpc) is 2.68. The topological polar surface area (TPSA) is 78.4 Å². The summed E-state index contributed by atoms with van der Waals surface area (Å²) in [6.07, 6.45) is 1.59. The Balaban J connectivity index is 1.77. The molecule has 8 nitrogen and oxygen atoms in total. The van der Waals surface area contributed by atoms with Crippen molar-refractivity contribution in [2.24, 2.45) is 10.9 Å². The predicted octanol–water partition coefficient (Wildman–Crippen LogP) is 1.13. The van der Waals surface area contributed by atoms with Crippen LogP contribution in [0.2, 0.25) is 0 Å². The number of guanidine groups is 1. The van der Waals surface area contributed by atoms with Crippen molar-refractivity contribution in [1.82, 2.24) is 20.4 Å². The van der Waals surface area contributed by atoms with E-state index < -0.39 is 0 Å². The molecule has 8 heteroatoms. The van der Waals surface area contributed by atoms with Crippen molar-refractivity contribution in [3.63, 3.8) is 0 Å². The number of carbonyl (C=O) groups is 1. The Kier molecular flexibility index (Phi) is 9.14. The number of aliphatic imine (C=N–C) groups is 1. The number of nitrogens with one attached hydrogen (secondary N) is 2. The van der Waals surface area contributed by atoms with Crippen molar-refractivity contribution in [3.8, 4) is 0 Å². The Morgan fingerprint density at radius 1 is 1.22 bits per heavy atom. The second kappa shape index (κ2) is 11.3. The molecule has 1 unspecified atom stereocenters. The molecule has 0 aromatic carbocycles. The smallest absolute Gasteiger partial charge is 0.409 e. The van der Waals surface area contributed by atoms with Gasteiger partial charge in [-0.15, -0.1) is 0 Å². The van der Waals surface area contributed by atoms with E-state index in [-0.39, 0.29) is 6.09 Å². The van der Waals surface area contributed by atoms with Crippen LogP contribution in [0.25, 0.3) is 0 Å². The van der Waals surface area contributed by atoms with Gasteiger partial charge in [-0.1, -0.05) is 13.8 Å². The number of ether oxygens (including phenoxy) is 2. The summed E-state index contributed by atoms with van der Waals surface area (Å²) in [6, 6.07) is 0.779. The van der Waals surface area contributed by atoms with Gasteiger partial charge in [0.25, 0.3) is 0 Å². The zero-order valence-corrected chi connectivity index (χ0v) is 17.4. The maximum Gasteiger partial charge on any atom is 0.409 e. The maximum atomic E-state index is 11.8. The normalized spacial score (nSPS) is 21.2. The predicted molar refractivity (Wildman–Crippen MR) is 107 cm³/mol. The zero-order chi connectivity index (χ0) is 19.6. The van der Waals surface area contributed by atoms with Gasteiger partial charge in [-0.05, 0) is 25.7 Å². The van der Waals surface area contributed by atoms with Crippen LogP contribution in [-0.2, 0) is 9.47 Å². The number of amides is 1. The molecule has 0 radical (unpaired) electrons. The fourth-order valence-electron chi connectivity index (χ4n) is 3.71. The number of rotatable bonds is 6. The number of nitrogens with zero attached hydrogens (tertiary/aromatic N) is 3. The van der Waals surface area contributed by atoms with Gasteiger partial charge in [-0.2, -0.15) is 0 Å². The minimum atomic E-state index is -0.205. The molecule has 2 N–H and O–H groups in total. The Morgan fingerprint density at radius 3 is 2.44 bits per heavy atom. The van der Waals surface area contributed by atoms with E-state index in [1.165, 1.54) is 0 Å². The van der Waals surface area contributed by atoms with Gasteiger partial charge in [0.2, 0.25) is 0 Å². The highest BCUT2D eigenvalue weighted by molar-refractivity contribution is 5.80. The van der Waals surface area contributed by atoms with E-state index in [2.05, 4.69) is 34.4 Å². The molecule has 0 aromatic rings. The van der Waals surface area contributed by atoms with E-state index in [1.807, 2.05) is 14.0 Å². The monoisotopic (exact) mass is 383 g/mol. The Bertz CT molecular complexity index is 472. The van der Waals surface area contributed by atoms with E-state index in [0.29, 0.717) is 24.6 Å². The first-order chi connectivity index (χ1) is 13.0. The minimum absolute atomic E-state index is 0.205. The quantitative estimate of drug-likeness (QED) is 0.529. The van der Waals surface area contributed by atoms with Crippen LogP contribution < -0.4 is 10.6 Å². The summed E-state index contributed by atoms with van der Waals surface area (Å²) >= 11 is 0. The zero-order valence-electron chi connectivity index (χ0n) is 17.4. The van der Waals surface area contributed by atoms with Gasteiger partial charge >= 0.3 is 6.09 Å². The molecule has 156 valence electrons. The van der Waals surface area contributed by atoms with Gasteiger partial charge in [-0.3, -0.25) is 9.89 Å². The highest BCUT2D eigenvalue weighted by Crippen LogP contribution is 2.13. The van der Waals surface area contributed by atoms with Crippen LogP contribution in [0.1, 0.15) is 33.6 Å². The Hall–Kier alpha value is -1.54. The Morgan fingerprint density at radius 2 is 1.89 bits per heavy atom. The summed E-state index contributed by atoms with van der Waals surface area (Å²) in [7, 11) is 1.81. The maximum absolute atomic E-state index is 11.8. The lowest BCUT2D eigenvalue weighted by molar-refractivity contribution is 0.00751. The molecule has 0 spiro atoms. The van der Waals surface area contributed by atoms with Gasteiger partial charge in [0.05, 0.1) is 19.8 Å². The lowest BCUT2D eigenvalue weighted by atomic mass is 10.0. The molecule has 2 aliphatic rings. The van der Waals surface area contributed by atoms with Crippen LogP contribution in [0, 0.1) is 5.92 Å². The van der Waals surface area contributed by atoms with E-state index in [1.54, 1.807) is 4.90 Å². The lowest BCUT2D eigenvalue weighted by Crippen LogP contribution is -2.54. The molecule has 0 saturated carbocycles. The standard InChI is InChI=1S/C19H37N5O3/c1-5-27-19(25)24-8-6-16(7-9-24)22-18(20-4)21-14-17(15(2)3)23-10-12-26-13-11-23/h15-17H,5-14H2,1-4H3,(H2,20,21,22). The van der Waals surface area contributed by atoms with Crippen molar-refractivity contribution < 1.29 is 14.3 Å². The SMILES string of the molecule is CCOC(=O)N1CCC(NC(=NC)NCC(C(C)C)N2CCOCC2)CC1. The fraction of sp³-hybridized carbons (Fsp3) is 0.895. The molecule has 27 heavy (non-hydrogen) atoms. The number of likely N-dealkylation sites (tertiary alicyclic amines) is 1. The summed E-state index contributed by atoms with van der Waals surface area (Å²) in [5, 5.41) is 7.01. The van der Waals surface area contributed by atoms with Gasteiger partial charge in [0.1, 0.15) is 0 Å². The molecule has 1 amide bonds. The molecule has 2 rings (SSSR count). The second-order valence-corrected chi connectivity index (χ2v) is 7.52. The number of carbonyl (C=O) groups excluding carboxylic acids is 1.